The van der Waals surface area contributed by atoms with Gasteiger partial charge in [0.2, 0.25) is 0 Å². The quantitative estimate of drug-likeness (QED) is 0.503. The summed E-state index contributed by atoms with van der Waals surface area (Å²) in [4.78, 5) is 0. The molecule has 0 aliphatic carbocycles. The van der Waals surface area contributed by atoms with Gasteiger partial charge >= 0.3 is 0 Å². The van der Waals surface area contributed by atoms with E-state index in [-0.39, 0.29) is 0 Å². The van der Waals surface area contributed by atoms with Gasteiger partial charge in [-0.25, -0.2) is 0 Å². The average Bonchev–Trinajstić information content (AvgIpc) is 2.64. The number of benzene rings is 2. The molecule has 0 saturated heterocycles. The predicted molar refractivity (Wildman–Crippen MR) is 111 cm³/mol. The largest absolute Gasteiger partial charge is 0.133 e. The highest BCUT2D eigenvalue weighted by Gasteiger charge is 1.87. The highest BCUT2D eigenvalue weighted by Crippen LogP contribution is 2.02. The zero-order chi connectivity index (χ0) is 18.0. The predicted octanol–water partition coefficient (Wildman–Crippen LogP) is 7.42. The fraction of sp³-hybridized carbons (Fsp3) is 0.208. The van der Waals surface area contributed by atoms with Gasteiger partial charge in [0.05, 0.1) is 0 Å². The van der Waals surface area contributed by atoms with E-state index in [9.17, 15) is 0 Å². The Morgan fingerprint density at radius 3 is 1.50 bits per heavy atom. The summed E-state index contributed by atoms with van der Waals surface area (Å²) in [5, 5.41) is 0. The Labute approximate surface area is 148 Å². The fourth-order valence-corrected chi connectivity index (χ4v) is 1.70. The monoisotopic (exact) mass is 318 g/mol. The minimum absolute atomic E-state index is 0.805. The molecule has 0 bridgehead atoms. The Hall–Kier alpha value is -2.56. The van der Waals surface area contributed by atoms with Crippen LogP contribution in [0.25, 0.3) is 12.2 Å². The summed E-state index contributed by atoms with van der Waals surface area (Å²) in [6, 6.07) is 20.1. The van der Waals surface area contributed by atoms with Crippen molar-refractivity contribution in [2.45, 2.75) is 26.7 Å². The topological polar surface area (TPSA) is 0 Å². The second kappa shape index (κ2) is 15.3. The Morgan fingerprint density at radius 2 is 1.25 bits per heavy atom. The van der Waals surface area contributed by atoms with Crippen LogP contribution in [0.15, 0.2) is 92.2 Å². The summed E-state index contributed by atoms with van der Waals surface area (Å²) in [7, 11) is 0. The average molecular weight is 319 g/mol. The Balaban J connectivity index is 0.000000331. The molecule has 0 saturated carbocycles. The summed E-state index contributed by atoms with van der Waals surface area (Å²) in [6.07, 6.45) is 8.03. The van der Waals surface area contributed by atoms with Crippen molar-refractivity contribution >= 4 is 12.2 Å². The molecule has 0 aliphatic heterocycles. The lowest BCUT2D eigenvalue weighted by atomic mass is 10.1. The fourth-order valence-electron chi connectivity index (χ4n) is 1.70. The van der Waals surface area contributed by atoms with Crippen molar-refractivity contribution in [2.24, 2.45) is 5.92 Å². The van der Waals surface area contributed by atoms with Crippen LogP contribution in [0.5, 0.6) is 0 Å². The smallest absolute Gasteiger partial charge is 0.0263 e. The molecule has 0 heteroatoms. The third kappa shape index (κ3) is 13.1. The van der Waals surface area contributed by atoms with E-state index in [1.807, 2.05) is 78.9 Å². The van der Waals surface area contributed by atoms with Crippen LogP contribution in [0.4, 0.5) is 0 Å². The first-order valence-electron chi connectivity index (χ1n) is 8.33. The van der Waals surface area contributed by atoms with Crippen molar-refractivity contribution in [1.82, 2.24) is 0 Å². The number of allylic oxidation sites excluding steroid dienone is 1. The van der Waals surface area contributed by atoms with E-state index < -0.39 is 0 Å². The van der Waals surface area contributed by atoms with E-state index in [0.29, 0.717) is 0 Å². The number of hydrogen-bond acceptors (Lipinski definition) is 0. The first-order valence-corrected chi connectivity index (χ1v) is 8.33. The van der Waals surface area contributed by atoms with Crippen molar-refractivity contribution in [2.75, 3.05) is 0 Å². The normalized spacial score (nSPS) is 8.62. The first kappa shape index (κ1) is 21.4. The molecular formula is C24H30. The van der Waals surface area contributed by atoms with Crippen LogP contribution in [0.2, 0.25) is 0 Å². The Morgan fingerprint density at radius 1 is 0.833 bits per heavy atom. The molecule has 0 unspecified atom stereocenters. The summed E-state index contributed by atoms with van der Waals surface area (Å²) >= 11 is 0. The molecule has 0 aliphatic rings. The molecule has 0 radical (unpaired) electrons. The third-order valence-electron chi connectivity index (χ3n) is 3.10. The van der Waals surface area contributed by atoms with Gasteiger partial charge in [0.1, 0.15) is 0 Å². The van der Waals surface area contributed by atoms with E-state index in [1.54, 1.807) is 0 Å². The molecule has 126 valence electrons. The summed E-state index contributed by atoms with van der Waals surface area (Å²) < 4.78 is 0. The minimum Gasteiger partial charge on any atom is -0.133 e. The molecule has 2 aromatic rings. The van der Waals surface area contributed by atoms with Crippen LogP contribution >= 0.6 is 0 Å². The van der Waals surface area contributed by atoms with Gasteiger partial charge < -0.3 is 0 Å². The molecule has 0 nitrogen and oxygen atoms in total. The van der Waals surface area contributed by atoms with Crippen molar-refractivity contribution in [3.63, 3.8) is 0 Å². The second-order valence-electron chi connectivity index (χ2n) is 5.61. The van der Waals surface area contributed by atoms with E-state index >= 15 is 0 Å². The van der Waals surface area contributed by atoms with Gasteiger partial charge in [-0.1, -0.05) is 106 Å². The maximum atomic E-state index is 3.63. The maximum Gasteiger partial charge on any atom is -0.0263 e. The number of rotatable bonds is 5. The molecule has 0 amide bonds. The highest BCUT2D eigenvalue weighted by atomic mass is 13.9. The lowest BCUT2D eigenvalue weighted by Gasteiger charge is -1.96. The van der Waals surface area contributed by atoms with Crippen LogP contribution < -0.4 is 0 Å². The first-order chi connectivity index (χ1) is 11.6. The molecule has 0 N–H and O–H groups in total. The van der Waals surface area contributed by atoms with Gasteiger partial charge in [-0.15, -0.1) is 5.73 Å². The van der Waals surface area contributed by atoms with Crippen LogP contribution in [-0.4, -0.2) is 0 Å². The molecule has 0 atom stereocenters. The summed E-state index contributed by atoms with van der Waals surface area (Å²) in [6.45, 7) is 15.2. The molecule has 24 heavy (non-hydrogen) atoms. The zero-order valence-corrected chi connectivity index (χ0v) is 15.1. The summed E-state index contributed by atoms with van der Waals surface area (Å²) in [5.41, 5.74) is 5.10. The highest BCUT2D eigenvalue weighted by molar-refractivity contribution is 5.46. The van der Waals surface area contributed by atoms with E-state index in [4.69, 9.17) is 0 Å². The van der Waals surface area contributed by atoms with Crippen molar-refractivity contribution in [3.8, 4) is 0 Å². The second-order valence-corrected chi connectivity index (χ2v) is 5.61. The van der Waals surface area contributed by atoms with E-state index in [0.717, 1.165) is 12.3 Å². The van der Waals surface area contributed by atoms with Gasteiger partial charge in [0, 0.05) is 0 Å². The lowest BCUT2D eigenvalue weighted by Crippen LogP contribution is -1.82. The van der Waals surface area contributed by atoms with Crippen molar-refractivity contribution < 1.29 is 0 Å². The van der Waals surface area contributed by atoms with Crippen molar-refractivity contribution in [1.29, 1.82) is 0 Å². The van der Waals surface area contributed by atoms with E-state index in [1.165, 1.54) is 17.5 Å². The van der Waals surface area contributed by atoms with Crippen LogP contribution in [-0.2, 0) is 0 Å². The van der Waals surface area contributed by atoms with Gasteiger partial charge in [-0.05, 0) is 36.0 Å². The van der Waals surface area contributed by atoms with E-state index in [2.05, 4.69) is 39.3 Å². The van der Waals surface area contributed by atoms with Gasteiger partial charge in [0.15, 0.2) is 0 Å². The summed E-state index contributed by atoms with van der Waals surface area (Å²) in [5.74, 6) is 0.805. The van der Waals surface area contributed by atoms with Crippen LogP contribution in [0.1, 0.15) is 37.8 Å². The molecule has 0 heterocycles. The molecule has 0 spiro atoms. The molecular weight excluding hydrogens is 288 g/mol. The van der Waals surface area contributed by atoms with Gasteiger partial charge in [0.25, 0.3) is 0 Å². The Bertz CT molecular complexity index is 541. The van der Waals surface area contributed by atoms with Gasteiger partial charge in [-0.3, -0.25) is 0 Å². The standard InChI is InChI=1S/2C8H8.C8H14/c2*1-2-8-6-4-3-5-7-8;1-4-5-6-7-8(2)3/h2*2-7H,1H2;5,8H,1,6-7H2,2-3H3. The van der Waals surface area contributed by atoms with Crippen LogP contribution in [0, 0.1) is 5.92 Å². The lowest BCUT2D eigenvalue weighted by molar-refractivity contribution is 0.594. The maximum absolute atomic E-state index is 3.63. The molecule has 0 fully saturated rings. The molecule has 2 rings (SSSR count). The molecule has 0 aromatic heterocycles. The zero-order valence-electron chi connectivity index (χ0n) is 15.1. The minimum atomic E-state index is 0.805. The SMILES string of the molecule is C=C=CCCC(C)C.C=Cc1ccccc1.C=Cc1ccccc1. The van der Waals surface area contributed by atoms with Gasteiger partial charge in [-0.2, -0.15) is 0 Å². The van der Waals surface area contributed by atoms with Crippen molar-refractivity contribution in [3.05, 3.63) is 103 Å². The third-order valence-corrected chi connectivity index (χ3v) is 3.10. The Kier molecular flexibility index (Phi) is 13.7. The van der Waals surface area contributed by atoms with Crippen LogP contribution in [0.3, 0.4) is 0 Å². The molecule has 2 aromatic carbocycles. The number of hydrogen-bond donors (Lipinski definition) is 0.